The Hall–Kier alpha value is -4.50. The Morgan fingerprint density at radius 3 is 1.85 bits per heavy atom. The lowest BCUT2D eigenvalue weighted by Gasteiger charge is -2.33. The van der Waals surface area contributed by atoms with Crippen molar-refractivity contribution in [2.24, 2.45) is 0 Å². The van der Waals surface area contributed by atoms with Gasteiger partial charge in [-0.25, -0.2) is 12.8 Å². The molecule has 0 aliphatic rings. The normalized spacial score (nSPS) is 11.8. The summed E-state index contributed by atoms with van der Waals surface area (Å²) >= 11 is 0. The minimum Gasteiger partial charge on any atom is -0.357 e. The van der Waals surface area contributed by atoms with Gasteiger partial charge < -0.3 is 10.2 Å². The first kappa shape index (κ1) is 28.5. The molecule has 0 saturated carbocycles. The zero-order chi connectivity index (χ0) is 28.5. The number of likely N-dealkylation sites (N-methyl/N-ethyl adjacent to an activating group) is 1. The van der Waals surface area contributed by atoms with Gasteiger partial charge in [0.25, 0.3) is 10.0 Å². The van der Waals surface area contributed by atoms with Crippen molar-refractivity contribution in [3.05, 3.63) is 132 Å². The second-order valence-corrected chi connectivity index (χ2v) is 11.0. The fraction of sp³-hybridized carbons (Fsp3) is 0.161. The van der Waals surface area contributed by atoms with Crippen LogP contribution in [0.5, 0.6) is 0 Å². The molecule has 0 fully saturated rings. The van der Waals surface area contributed by atoms with Crippen molar-refractivity contribution >= 4 is 27.5 Å². The van der Waals surface area contributed by atoms with Crippen LogP contribution in [0.3, 0.4) is 0 Å². The first-order valence-corrected chi connectivity index (χ1v) is 14.2. The van der Waals surface area contributed by atoms with Gasteiger partial charge in [0.05, 0.1) is 10.6 Å². The zero-order valence-corrected chi connectivity index (χ0v) is 22.8. The maximum atomic E-state index is 14.1. The fourth-order valence-electron chi connectivity index (χ4n) is 4.36. The van der Waals surface area contributed by atoms with Crippen LogP contribution in [-0.2, 0) is 32.6 Å². The Bertz CT molecular complexity index is 1520. The van der Waals surface area contributed by atoms with Crippen LogP contribution in [0.1, 0.15) is 11.1 Å². The van der Waals surface area contributed by atoms with Crippen molar-refractivity contribution in [1.29, 1.82) is 0 Å². The van der Waals surface area contributed by atoms with Gasteiger partial charge in [0.1, 0.15) is 18.4 Å². The molecule has 4 aromatic carbocycles. The molecule has 0 bridgehead atoms. The van der Waals surface area contributed by atoms with E-state index >= 15 is 0 Å². The number of carbonyl (C=O) groups is 2. The van der Waals surface area contributed by atoms with Crippen LogP contribution in [0, 0.1) is 5.82 Å². The summed E-state index contributed by atoms with van der Waals surface area (Å²) in [5, 5.41) is 2.65. The van der Waals surface area contributed by atoms with E-state index in [-0.39, 0.29) is 29.5 Å². The molecule has 0 radical (unpaired) electrons. The van der Waals surface area contributed by atoms with E-state index in [0.29, 0.717) is 0 Å². The number of anilines is 1. The molecule has 0 heterocycles. The number of halogens is 1. The molecule has 4 rings (SSSR count). The smallest absolute Gasteiger partial charge is 0.264 e. The topological polar surface area (TPSA) is 86.8 Å². The lowest BCUT2D eigenvalue weighted by Crippen LogP contribution is -2.53. The minimum atomic E-state index is -4.22. The van der Waals surface area contributed by atoms with Gasteiger partial charge in [-0.2, -0.15) is 0 Å². The summed E-state index contributed by atoms with van der Waals surface area (Å²) in [4.78, 5) is 28.7. The van der Waals surface area contributed by atoms with Gasteiger partial charge in [-0.05, 0) is 47.5 Å². The highest BCUT2D eigenvalue weighted by molar-refractivity contribution is 7.92. The number of rotatable bonds is 11. The van der Waals surface area contributed by atoms with Crippen LogP contribution >= 0.6 is 0 Å². The van der Waals surface area contributed by atoms with Crippen LogP contribution in [0.25, 0.3) is 0 Å². The lowest BCUT2D eigenvalue weighted by atomic mass is 10.0. The second kappa shape index (κ2) is 13.0. The molecular formula is C31H30FN3O4S. The van der Waals surface area contributed by atoms with Gasteiger partial charge in [-0.1, -0.05) is 78.9 Å². The van der Waals surface area contributed by atoms with Crippen molar-refractivity contribution in [3.8, 4) is 0 Å². The number of nitrogens with zero attached hydrogens (tertiary/aromatic N) is 2. The molecular weight excluding hydrogens is 529 g/mol. The molecule has 0 unspecified atom stereocenters. The molecule has 7 nitrogen and oxygen atoms in total. The van der Waals surface area contributed by atoms with Gasteiger partial charge in [0, 0.05) is 20.0 Å². The Morgan fingerprint density at radius 2 is 1.30 bits per heavy atom. The molecule has 0 saturated heterocycles. The van der Waals surface area contributed by atoms with Crippen LogP contribution in [0.4, 0.5) is 10.1 Å². The van der Waals surface area contributed by atoms with Crippen LogP contribution in [-0.4, -0.2) is 44.8 Å². The van der Waals surface area contributed by atoms with E-state index in [1.807, 2.05) is 60.7 Å². The first-order chi connectivity index (χ1) is 19.3. The summed E-state index contributed by atoms with van der Waals surface area (Å²) in [5.74, 6) is -1.51. The number of carbonyl (C=O) groups excluding carboxylic acids is 2. The summed E-state index contributed by atoms with van der Waals surface area (Å²) in [7, 11) is -2.72. The third kappa shape index (κ3) is 6.92. The average Bonchev–Trinajstić information content (AvgIpc) is 2.99. The third-order valence-electron chi connectivity index (χ3n) is 6.44. The quantitative estimate of drug-likeness (QED) is 0.295. The molecule has 2 amide bonds. The Balaban J connectivity index is 1.76. The standard InChI is InChI=1S/C31H30FN3O4S/c1-33-31(37)29(21-24-11-5-2-6-12-24)34(22-25-13-7-3-8-14-25)30(36)23-35(27-19-17-26(32)18-20-27)40(38,39)28-15-9-4-10-16-28/h2-20,29H,21-23H2,1H3,(H,33,37)/t29-/m0/s1. The van der Waals surface area contributed by atoms with E-state index < -0.39 is 34.3 Å². The van der Waals surface area contributed by atoms with Crippen molar-refractivity contribution in [3.63, 3.8) is 0 Å². The maximum absolute atomic E-state index is 14.1. The number of amides is 2. The molecule has 1 atom stereocenters. The van der Waals surface area contributed by atoms with E-state index in [4.69, 9.17) is 0 Å². The number of hydrogen-bond acceptors (Lipinski definition) is 4. The van der Waals surface area contributed by atoms with Crippen molar-refractivity contribution < 1.29 is 22.4 Å². The fourth-order valence-corrected chi connectivity index (χ4v) is 5.79. The van der Waals surface area contributed by atoms with Gasteiger partial charge in [-0.15, -0.1) is 0 Å². The van der Waals surface area contributed by atoms with Crippen molar-refractivity contribution in [2.75, 3.05) is 17.9 Å². The largest absolute Gasteiger partial charge is 0.357 e. The number of benzene rings is 4. The van der Waals surface area contributed by atoms with Gasteiger partial charge in [0.2, 0.25) is 11.8 Å². The molecule has 0 aliphatic heterocycles. The van der Waals surface area contributed by atoms with Gasteiger partial charge >= 0.3 is 0 Å². The van der Waals surface area contributed by atoms with Crippen LogP contribution < -0.4 is 9.62 Å². The maximum Gasteiger partial charge on any atom is 0.264 e. The van der Waals surface area contributed by atoms with Gasteiger partial charge in [0.15, 0.2) is 0 Å². The second-order valence-electron chi connectivity index (χ2n) is 9.13. The van der Waals surface area contributed by atoms with E-state index in [9.17, 15) is 22.4 Å². The SMILES string of the molecule is CNC(=O)[C@H](Cc1ccccc1)N(Cc1ccccc1)C(=O)CN(c1ccc(F)cc1)S(=O)(=O)c1ccccc1. The van der Waals surface area contributed by atoms with Crippen molar-refractivity contribution in [2.45, 2.75) is 23.9 Å². The predicted molar refractivity (Wildman–Crippen MR) is 152 cm³/mol. The predicted octanol–water partition coefficient (Wildman–Crippen LogP) is 4.41. The molecule has 9 heteroatoms. The van der Waals surface area contributed by atoms with Crippen molar-refractivity contribution in [1.82, 2.24) is 10.2 Å². The minimum absolute atomic E-state index is 0.0196. The summed E-state index contributed by atoms with van der Waals surface area (Å²) in [5.41, 5.74) is 1.74. The van der Waals surface area contributed by atoms with E-state index in [1.54, 1.807) is 18.2 Å². The number of hydrogen-bond donors (Lipinski definition) is 1. The van der Waals surface area contributed by atoms with Gasteiger partial charge in [-0.3, -0.25) is 13.9 Å². The van der Waals surface area contributed by atoms with E-state index in [2.05, 4.69) is 5.32 Å². The number of sulfonamides is 1. The van der Waals surface area contributed by atoms with E-state index in [1.165, 1.54) is 36.2 Å². The Morgan fingerprint density at radius 1 is 0.775 bits per heavy atom. The third-order valence-corrected chi connectivity index (χ3v) is 8.23. The first-order valence-electron chi connectivity index (χ1n) is 12.7. The number of nitrogens with one attached hydrogen (secondary N) is 1. The average molecular weight is 560 g/mol. The highest BCUT2D eigenvalue weighted by Crippen LogP contribution is 2.25. The summed E-state index contributed by atoms with van der Waals surface area (Å²) < 4.78 is 42.2. The monoisotopic (exact) mass is 559 g/mol. The highest BCUT2D eigenvalue weighted by Gasteiger charge is 2.34. The molecule has 4 aromatic rings. The Labute approximate surface area is 233 Å². The van der Waals surface area contributed by atoms with E-state index in [0.717, 1.165) is 27.6 Å². The van der Waals surface area contributed by atoms with Crippen LogP contribution in [0.2, 0.25) is 0 Å². The molecule has 40 heavy (non-hydrogen) atoms. The molecule has 0 aromatic heterocycles. The molecule has 0 spiro atoms. The summed E-state index contributed by atoms with van der Waals surface area (Å²) in [6, 6.07) is 30.2. The molecule has 206 valence electrons. The molecule has 0 aliphatic carbocycles. The van der Waals surface area contributed by atoms with Crippen LogP contribution in [0.15, 0.2) is 120 Å². The Kier molecular flexibility index (Phi) is 9.29. The zero-order valence-electron chi connectivity index (χ0n) is 22.0. The highest BCUT2D eigenvalue weighted by atomic mass is 32.2. The summed E-state index contributed by atoms with van der Waals surface area (Å²) in [6.45, 7) is -0.523. The lowest BCUT2D eigenvalue weighted by molar-refractivity contribution is -0.139. The summed E-state index contributed by atoms with van der Waals surface area (Å²) in [6.07, 6.45) is 0.223. The molecule has 1 N–H and O–H groups in total.